The van der Waals surface area contributed by atoms with E-state index in [1.165, 1.54) is 0 Å². The van der Waals surface area contributed by atoms with E-state index in [0.717, 1.165) is 35.2 Å². The molecule has 1 atom stereocenters. The highest BCUT2D eigenvalue weighted by Crippen LogP contribution is 2.29. The van der Waals surface area contributed by atoms with E-state index < -0.39 is 0 Å². The molecule has 1 aromatic carbocycles. The third-order valence-corrected chi connectivity index (χ3v) is 3.82. The molecule has 5 heteroatoms. The van der Waals surface area contributed by atoms with Crippen molar-refractivity contribution < 1.29 is 5.11 Å². The van der Waals surface area contributed by atoms with Gasteiger partial charge in [0.05, 0.1) is 0 Å². The molecule has 1 fully saturated rings. The molecule has 0 amide bonds. The first-order chi connectivity index (χ1) is 8.11. The predicted molar refractivity (Wildman–Crippen MR) is 77.4 cm³/mol. The lowest BCUT2D eigenvalue weighted by Gasteiger charge is -2.21. The van der Waals surface area contributed by atoms with Crippen LogP contribution in [0.5, 0.6) is 0 Å². The van der Waals surface area contributed by atoms with Gasteiger partial charge in [0.15, 0.2) is 0 Å². The van der Waals surface area contributed by atoms with Gasteiger partial charge in [-0.2, -0.15) is 0 Å². The molecule has 3 nitrogen and oxygen atoms in total. The van der Waals surface area contributed by atoms with E-state index >= 15 is 0 Å². The van der Waals surface area contributed by atoms with E-state index in [9.17, 15) is 0 Å². The molecule has 0 aromatic heterocycles. The number of nitrogens with zero attached hydrogens (tertiary/aromatic N) is 1. The standard InChI is InChI=1S/C12H15BrN2OS/c13-9-1-2-11(10(5-9)12(14)17)15-4-3-8(6-15)7-16/h1-2,5,8,16H,3-4,6-7H2,(H2,14,17). The molecule has 0 spiro atoms. The van der Waals surface area contributed by atoms with Gasteiger partial charge in [0.2, 0.25) is 0 Å². The lowest BCUT2D eigenvalue weighted by Crippen LogP contribution is -2.24. The Morgan fingerprint density at radius 3 is 2.94 bits per heavy atom. The van der Waals surface area contributed by atoms with Crippen LogP contribution in [0.4, 0.5) is 5.69 Å². The normalized spacial score (nSPS) is 19.6. The van der Waals surface area contributed by atoms with Gasteiger partial charge in [0.25, 0.3) is 0 Å². The molecule has 3 N–H and O–H groups in total. The van der Waals surface area contributed by atoms with Gasteiger partial charge >= 0.3 is 0 Å². The van der Waals surface area contributed by atoms with Crippen LogP contribution in [0.2, 0.25) is 0 Å². The van der Waals surface area contributed by atoms with Crippen LogP contribution in [0.1, 0.15) is 12.0 Å². The van der Waals surface area contributed by atoms with Crippen LogP contribution in [0.3, 0.4) is 0 Å². The summed E-state index contributed by atoms with van der Waals surface area (Å²) in [4.78, 5) is 2.65. The van der Waals surface area contributed by atoms with Crippen LogP contribution >= 0.6 is 28.1 Å². The minimum atomic E-state index is 0.245. The Labute approximate surface area is 115 Å². The van der Waals surface area contributed by atoms with Crippen molar-refractivity contribution in [3.63, 3.8) is 0 Å². The summed E-state index contributed by atoms with van der Waals surface area (Å²) in [5.41, 5.74) is 7.72. The number of nitrogens with two attached hydrogens (primary N) is 1. The second-order valence-corrected chi connectivity index (χ2v) is 5.66. The van der Waals surface area contributed by atoms with Gasteiger partial charge in [0, 0.05) is 41.3 Å². The predicted octanol–water partition coefficient (Wildman–Crippen LogP) is 1.90. The molecule has 0 aliphatic carbocycles. The fourth-order valence-electron chi connectivity index (χ4n) is 2.18. The number of hydrogen-bond donors (Lipinski definition) is 2. The second kappa shape index (κ2) is 5.33. The zero-order valence-corrected chi connectivity index (χ0v) is 11.8. The highest BCUT2D eigenvalue weighted by molar-refractivity contribution is 9.10. The molecular weight excluding hydrogens is 300 g/mol. The van der Waals surface area contributed by atoms with Gasteiger partial charge < -0.3 is 15.7 Å². The van der Waals surface area contributed by atoms with Gasteiger partial charge in [-0.15, -0.1) is 0 Å². The second-order valence-electron chi connectivity index (χ2n) is 4.31. The molecule has 1 saturated heterocycles. The summed E-state index contributed by atoms with van der Waals surface area (Å²) in [5, 5.41) is 9.17. The summed E-state index contributed by atoms with van der Waals surface area (Å²) in [5.74, 6) is 0.359. The van der Waals surface area contributed by atoms with E-state index in [-0.39, 0.29) is 6.61 Å². The third kappa shape index (κ3) is 2.78. The van der Waals surface area contributed by atoms with Crippen molar-refractivity contribution in [3.8, 4) is 0 Å². The Morgan fingerprint density at radius 1 is 1.59 bits per heavy atom. The van der Waals surface area contributed by atoms with Crippen LogP contribution < -0.4 is 10.6 Å². The number of rotatable bonds is 3. The monoisotopic (exact) mass is 314 g/mol. The van der Waals surface area contributed by atoms with Crippen LogP contribution in [0.15, 0.2) is 22.7 Å². The highest BCUT2D eigenvalue weighted by atomic mass is 79.9. The molecule has 0 saturated carbocycles. The van der Waals surface area contributed by atoms with E-state index in [1.54, 1.807) is 0 Å². The van der Waals surface area contributed by atoms with Crippen molar-refractivity contribution >= 4 is 38.8 Å². The fraction of sp³-hybridized carbons (Fsp3) is 0.417. The van der Waals surface area contributed by atoms with Gasteiger partial charge in [-0.05, 0) is 24.6 Å². The summed E-state index contributed by atoms with van der Waals surface area (Å²) < 4.78 is 0.974. The van der Waals surface area contributed by atoms with Crippen molar-refractivity contribution in [1.82, 2.24) is 0 Å². The van der Waals surface area contributed by atoms with Crippen molar-refractivity contribution in [2.24, 2.45) is 11.7 Å². The smallest absolute Gasteiger partial charge is 0.106 e. The summed E-state index contributed by atoms with van der Waals surface area (Å²) in [6.07, 6.45) is 1.02. The first-order valence-electron chi connectivity index (χ1n) is 5.57. The average molecular weight is 315 g/mol. The molecule has 1 heterocycles. The van der Waals surface area contributed by atoms with Crippen LogP contribution in [-0.2, 0) is 0 Å². The summed E-state index contributed by atoms with van der Waals surface area (Å²) in [6, 6.07) is 5.96. The molecule has 1 unspecified atom stereocenters. The largest absolute Gasteiger partial charge is 0.396 e. The molecule has 1 aliphatic heterocycles. The van der Waals surface area contributed by atoms with Crippen molar-refractivity contribution in [1.29, 1.82) is 0 Å². The van der Waals surface area contributed by atoms with Crippen molar-refractivity contribution in [2.75, 3.05) is 24.6 Å². The topological polar surface area (TPSA) is 49.5 Å². The van der Waals surface area contributed by atoms with Crippen LogP contribution in [-0.4, -0.2) is 29.8 Å². The van der Waals surface area contributed by atoms with Gasteiger partial charge in [-0.25, -0.2) is 0 Å². The van der Waals surface area contributed by atoms with Crippen LogP contribution in [0, 0.1) is 5.92 Å². The highest BCUT2D eigenvalue weighted by Gasteiger charge is 2.24. The Kier molecular flexibility index (Phi) is 4.01. The minimum Gasteiger partial charge on any atom is -0.396 e. The average Bonchev–Trinajstić information content (AvgIpc) is 2.77. The summed E-state index contributed by atoms with van der Waals surface area (Å²) >= 11 is 8.51. The third-order valence-electron chi connectivity index (χ3n) is 3.11. The minimum absolute atomic E-state index is 0.245. The summed E-state index contributed by atoms with van der Waals surface area (Å²) in [6.45, 7) is 2.06. The van der Waals surface area contributed by atoms with E-state index in [0.29, 0.717) is 10.9 Å². The van der Waals surface area contributed by atoms with Crippen molar-refractivity contribution in [2.45, 2.75) is 6.42 Å². The molecular formula is C12H15BrN2OS. The summed E-state index contributed by atoms with van der Waals surface area (Å²) in [7, 11) is 0. The first kappa shape index (κ1) is 12.8. The zero-order chi connectivity index (χ0) is 12.4. The Bertz CT molecular complexity index is 439. The number of aliphatic hydroxyl groups excluding tert-OH is 1. The van der Waals surface area contributed by atoms with E-state index in [4.69, 9.17) is 23.1 Å². The number of halogens is 1. The number of hydrogen-bond acceptors (Lipinski definition) is 3. The number of thiocarbonyl (C=S) groups is 1. The maximum Gasteiger partial charge on any atom is 0.106 e. The first-order valence-corrected chi connectivity index (χ1v) is 6.77. The van der Waals surface area contributed by atoms with Gasteiger partial charge in [-0.1, -0.05) is 28.1 Å². The lowest BCUT2D eigenvalue weighted by molar-refractivity contribution is 0.238. The molecule has 0 bridgehead atoms. The van der Waals surface area contributed by atoms with E-state index in [1.807, 2.05) is 18.2 Å². The molecule has 92 valence electrons. The Morgan fingerprint density at radius 2 is 2.35 bits per heavy atom. The molecule has 2 rings (SSSR count). The maximum absolute atomic E-state index is 9.17. The Balaban J connectivity index is 2.29. The van der Waals surface area contributed by atoms with Crippen LogP contribution in [0.25, 0.3) is 0 Å². The lowest BCUT2D eigenvalue weighted by atomic mass is 10.1. The molecule has 17 heavy (non-hydrogen) atoms. The quantitative estimate of drug-likeness (QED) is 0.837. The number of aliphatic hydroxyl groups is 1. The molecule has 0 radical (unpaired) electrons. The van der Waals surface area contributed by atoms with Gasteiger partial charge in [-0.3, -0.25) is 0 Å². The number of benzene rings is 1. The zero-order valence-electron chi connectivity index (χ0n) is 9.40. The molecule has 1 aromatic rings. The Hall–Kier alpha value is -0.650. The maximum atomic E-state index is 9.17. The fourth-order valence-corrected chi connectivity index (χ4v) is 2.71. The number of anilines is 1. The van der Waals surface area contributed by atoms with Gasteiger partial charge in [0.1, 0.15) is 4.99 Å². The van der Waals surface area contributed by atoms with Crippen molar-refractivity contribution in [3.05, 3.63) is 28.2 Å². The van der Waals surface area contributed by atoms with E-state index in [2.05, 4.69) is 20.8 Å². The molecule has 1 aliphatic rings. The SMILES string of the molecule is NC(=S)c1cc(Br)ccc1N1CCC(CO)C1.